The average molecular weight is 290 g/mol. The van der Waals surface area contributed by atoms with Crippen molar-refractivity contribution in [1.82, 2.24) is 10.2 Å². The maximum Gasteiger partial charge on any atom is 0.206 e. The molecule has 3 nitrogen and oxygen atoms in total. The first-order valence-corrected chi connectivity index (χ1v) is 6.45. The van der Waals surface area contributed by atoms with E-state index in [9.17, 15) is 0 Å². The maximum absolute atomic E-state index is 3.95. The highest BCUT2D eigenvalue weighted by Gasteiger charge is 2.01. The van der Waals surface area contributed by atoms with Crippen LogP contribution in [0.1, 0.15) is 9.75 Å². The summed E-state index contributed by atoms with van der Waals surface area (Å²) in [5.41, 5.74) is 0. The van der Waals surface area contributed by atoms with Gasteiger partial charge in [0.15, 0.2) is 3.92 Å². The van der Waals surface area contributed by atoms with E-state index in [0.29, 0.717) is 0 Å². The van der Waals surface area contributed by atoms with Gasteiger partial charge >= 0.3 is 0 Å². The topological polar surface area (TPSA) is 37.8 Å². The van der Waals surface area contributed by atoms with Gasteiger partial charge < -0.3 is 5.32 Å². The van der Waals surface area contributed by atoms with Gasteiger partial charge in [-0.3, -0.25) is 0 Å². The summed E-state index contributed by atoms with van der Waals surface area (Å²) in [7, 11) is 0. The molecule has 0 saturated heterocycles. The molecule has 2 rings (SSSR count). The zero-order valence-corrected chi connectivity index (χ0v) is 10.7. The highest BCUT2D eigenvalue weighted by molar-refractivity contribution is 9.11. The van der Waals surface area contributed by atoms with E-state index in [0.717, 1.165) is 15.6 Å². The Bertz CT molecular complexity index is 383. The summed E-state index contributed by atoms with van der Waals surface area (Å²) < 4.78 is 0.808. The number of anilines is 1. The Balaban J connectivity index is 1.94. The number of hydrogen-bond acceptors (Lipinski definition) is 5. The van der Waals surface area contributed by atoms with Crippen molar-refractivity contribution in [1.29, 1.82) is 0 Å². The molecule has 0 aliphatic carbocycles. The molecule has 2 heterocycles. The smallest absolute Gasteiger partial charge is 0.206 e. The Morgan fingerprint density at radius 1 is 1.36 bits per heavy atom. The zero-order valence-electron chi connectivity index (χ0n) is 7.45. The third-order valence-corrected chi connectivity index (χ3v) is 3.92. The predicted octanol–water partition coefficient (Wildman–Crippen LogP) is 3.28. The van der Waals surface area contributed by atoms with E-state index in [2.05, 4.69) is 50.5 Å². The monoisotopic (exact) mass is 289 g/mol. The molecule has 0 atom stereocenters. The van der Waals surface area contributed by atoms with Crippen LogP contribution < -0.4 is 5.32 Å². The lowest BCUT2D eigenvalue weighted by Crippen LogP contribution is -1.96. The van der Waals surface area contributed by atoms with Gasteiger partial charge in [0.1, 0.15) is 0 Å². The predicted molar refractivity (Wildman–Crippen MR) is 64.0 cm³/mol. The van der Waals surface area contributed by atoms with E-state index in [1.165, 1.54) is 21.1 Å². The van der Waals surface area contributed by atoms with Crippen molar-refractivity contribution in [3.05, 3.63) is 25.8 Å². The molecule has 2 aromatic rings. The SMILES string of the molecule is Cc1ccc(CNc2nnc(Br)s2)s1. The fourth-order valence-corrected chi connectivity index (χ4v) is 2.86. The van der Waals surface area contributed by atoms with Crippen molar-refractivity contribution in [2.75, 3.05) is 5.32 Å². The number of aromatic nitrogens is 2. The van der Waals surface area contributed by atoms with Crippen LogP contribution in [-0.2, 0) is 6.54 Å². The van der Waals surface area contributed by atoms with Gasteiger partial charge in [0.2, 0.25) is 5.13 Å². The molecule has 0 radical (unpaired) electrons. The molecule has 14 heavy (non-hydrogen) atoms. The fraction of sp³-hybridized carbons (Fsp3) is 0.250. The van der Waals surface area contributed by atoms with Crippen LogP contribution in [0.2, 0.25) is 0 Å². The molecule has 0 fully saturated rings. The second-order valence-corrected chi connectivity index (χ2v) is 6.35. The quantitative estimate of drug-likeness (QED) is 0.942. The third-order valence-electron chi connectivity index (χ3n) is 1.61. The fourth-order valence-electron chi connectivity index (χ4n) is 1.02. The van der Waals surface area contributed by atoms with E-state index < -0.39 is 0 Å². The van der Waals surface area contributed by atoms with E-state index in [1.54, 1.807) is 11.3 Å². The molecular formula is C8H8BrN3S2. The van der Waals surface area contributed by atoms with Crippen molar-refractivity contribution in [2.45, 2.75) is 13.5 Å². The number of hydrogen-bond donors (Lipinski definition) is 1. The maximum atomic E-state index is 3.95. The first-order valence-electron chi connectivity index (χ1n) is 4.02. The molecule has 0 amide bonds. The normalized spacial score (nSPS) is 10.4. The number of nitrogens with zero attached hydrogens (tertiary/aromatic N) is 2. The summed E-state index contributed by atoms with van der Waals surface area (Å²) in [4.78, 5) is 2.65. The Hall–Kier alpha value is -0.460. The van der Waals surface area contributed by atoms with E-state index >= 15 is 0 Å². The number of nitrogens with one attached hydrogen (secondary N) is 1. The second-order valence-electron chi connectivity index (χ2n) is 2.73. The number of halogens is 1. The minimum Gasteiger partial charge on any atom is -0.355 e. The molecule has 0 aliphatic heterocycles. The molecule has 0 aromatic carbocycles. The molecule has 2 aromatic heterocycles. The van der Waals surface area contributed by atoms with E-state index in [-0.39, 0.29) is 0 Å². The minimum atomic E-state index is 0.808. The zero-order chi connectivity index (χ0) is 9.97. The Morgan fingerprint density at radius 2 is 2.21 bits per heavy atom. The van der Waals surface area contributed by atoms with Crippen LogP contribution in [0.5, 0.6) is 0 Å². The van der Waals surface area contributed by atoms with Gasteiger partial charge in [-0.1, -0.05) is 11.3 Å². The van der Waals surface area contributed by atoms with E-state index in [4.69, 9.17) is 0 Å². The van der Waals surface area contributed by atoms with Gasteiger partial charge in [0, 0.05) is 9.75 Å². The average Bonchev–Trinajstić information content (AvgIpc) is 2.72. The van der Waals surface area contributed by atoms with Gasteiger partial charge in [-0.25, -0.2) is 0 Å². The summed E-state index contributed by atoms with van der Waals surface area (Å²) in [6.45, 7) is 2.93. The van der Waals surface area contributed by atoms with Crippen LogP contribution in [0.3, 0.4) is 0 Å². The van der Waals surface area contributed by atoms with Crippen LogP contribution in [0.25, 0.3) is 0 Å². The molecule has 0 unspecified atom stereocenters. The number of rotatable bonds is 3. The Kier molecular flexibility index (Phi) is 3.15. The highest BCUT2D eigenvalue weighted by Crippen LogP contribution is 2.22. The van der Waals surface area contributed by atoms with Crippen LogP contribution in [-0.4, -0.2) is 10.2 Å². The Morgan fingerprint density at radius 3 is 2.79 bits per heavy atom. The molecule has 1 N–H and O–H groups in total. The highest BCUT2D eigenvalue weighted by atomic mass is 79.9. The van der Waals surface area contributed by atoms with Crippen LogP contribution >= 0.6 is 38.6 Å². The van der Waals surface area contributed by atoms with Crippen LogP contribution in [0, 0.1) is 6.92 Å². The van der Waals surface area contributed by atoms with Crippen molar-refractivity contribution in [3.63, 3.8) is 0 Å². The van der Waals surface area contributed by atoms with Crippen LogP contribution in [0.15, 0.2) is 16.0 Å². The largest absolute Gasteiger partial charge is 0.355 e. The van der Waals surface area contributed by atoms with Gasteiger partial charge in [0.05, 0.1) is 6.54 Å². The lowest BCUT2D eigenvalue weighted by Gasteiger charge is -1.97. The van der Waals surface area contributed by atoms with Crippen LogP contribution in [0.4, 0.5) is 5.13 Å². The summed E-state index contributed by atoms with van der Waals surface area (Å²) in [6, 6.07) is 4.25. The molecule has 0 bridgehead atoms. The Labute approximate surface area is 98.3 Å². The lowest BCUT2D eigenvalue weighted by atomic mass is 10.4. The second kappa shape index (κ2) is 4.37. The first-order chi connectivity index (χ1) is 6.74. The van der Waals surface area contributed by atoms with Crippen molar-refractivity contribution in [3.8, 4) is 0 Å². The van der Waals surface area contributed by atoms with Gasteiger partial charge in [-0.2, -0.15) is 0 Å². The summed E-state index contributed by atoms with van der Waals surface area (Å²) in [6.07, 6.45) is 0. The molecule has 74 valence electrons. The third kappa shape index (κ3) is 2.52. The van der Waals surface area contributed by atoms with Gasteiger partial charge in [0.25, 0.3) is 0 Å². The molecule has 0 spiro atoms. The standard InChI is InChI=1S/C8H8BrN3S2/c1-5-2-3-6(13-5)4-10-8-12-11-7(9)14-8/h2-3H,4H2,1H3,(H,10,12). The molecule has 6 heteroatoms. The number of thiophene rings is 1. The van der Waals surface area contributed by atoms with Crippen molar-refractivity contribution < 1.29 is 0 Å². The van der Waals surface area contributed by atoms with E-state index in [1.807, 2.05) is 0 Å². The molecular weight excluding hydrogens is 282 g/mol. The van der Waals surface area contributed by atoms with Gasteiger partial charge in [-0.05, 0) is 35.0 Å². The first kappa shape index (κ1) is 10.1. The molecule has 0 saturated carbocycles. The van der Waals surface area contributed by atoms with Crippen molar-refractivity contribution in [2.24, 2.45) is 0 Å². The van der Waals surface area contributed by atoms with Gasteiger partial charge in [-0.15, -0.1) is 21.5 Å². The number of aryl methyl sites for hydroxylation is 1. The summed E-state index contributed by atoms with van der Waals surface area (Å²) in [5, 5.41) is 11.9. The lowest BCUT2D eigenvalue weighted by molar-refractivity contribution is 1.05. The van der Waals surface area contributed by atoms with Crippen molar-refractivity contribution >= 4 is 43.7 Å². The molecule has 0 aliphatic rings. The summed E-state index contributed by atoms with van der Waals surface area (Å²) in [5.74, 6) is 0. The minimum absolute atomic E-state index is 0.808. The summed E-state index contributed by atoms with van der Waals surface area (Å²) >= 11 is 6.57.